The molecule has 2 heterocycles. The number of benzene rings is 3. The van der Waals surface area contributed by atoms with Gasteiger partial charge in [0.25, 0.3) is 0 Å². The van der Waals surface area contributed by atoms with Gasteiger partial charge in [-0.25, -0.2) is 0 Å². The number of hydrogen-bond acceptors (Lipinski definition) is 3. The highest BCUT2D eigenvalue weighted by Gasteiger charge is 2.47. The van der Waals surface area contributed by atoms with Crippen molar-refractivity contribution in [1.82, 2.24) is 0 Å². The Kier molecular flexibility index (Phi) is 5.93. The van der Waals surface area contributed by atoms with Gasteiger partial charge in [0.05, 0.1) is 12.2 Å². The number of ether oxygens (including phenoxy) is 3. The summed E-state index contributed by atoms with van der Waals surface area (Å²) in [6.45, 7) is 4.95. The lowest BCUT2D eigenvalue weighted by Gasteiger charge is -2.48. The first-order chi connectivity index (χ1) is 15.6. The van der Waals surface area contributed by atoms with Crippen molar-refractivity contribution in [3.63, 3.8) is 0 Å². The van der Waals surface area contributed by atoms with Crippen molar-refractivity contribution in [1.29, 1.82) is 0 Å². The summed E-state index contributed by atoms with van der Waals surface area (Å²) in [6, 6.07) is 27.2. The molecular formula is C29H32O3. The van der Waals surface area contributed by atoms with Crippen LogP contribution in [0.2, 0.25) is 0 Å². The quantitative estimate of drug-likeness (QED) is 0.427. The van der Waals surface area contributed by atoms with Crippen molar-refractivity contribution in [3.05, 3.63) is 95.6 Å². The Morgan fingerprint density at radius 2 is 1.59 bits per heavy atom. The van der Waals surface area contributed by atoms with Gasteiger partial charge < -0.3 is 14.2 Å². The third kappa shape index (κ3) is 4.54. The Morgan fingerprint density at radius 1 is 0.875 bits per heavy atom. The fourth-order valence-electron chi connectivity index (χ4n) is 5.11. The molecule has 0 saturated carbocycles. The summed E-state index contributed by atoms with van der Waals surface area (Å²) < 4.78 is 19.3. The van der Waals surface area contributed by atoms with Gasteiger partial charge in [0.2, 0.25) is 0 Å². The second-order valence-electron chi connectivity index (χ2n) is 9.57. The maximum Gasteiger partial charge on any atom is 0.126 e. The van der Waals surface area contributed by atoms with Gasteiger partial charge in [-0.2, -0.15) is 0 Å². The Hall–Kier alpha value is -2.78. The van der Waals surface area contributed by atoms with Crippen molar-refractivity contribution in [2.45, 2.75) is 63.9 Å². The topological polar surface area (TPSA) is 27.7 Å². The standard InChI is InChI=1S/C29H32O3/c1-29(2)26-17-15-23(14-13-21-9-5-3-6-10-21)31-28(26)25-19-24(16-18-27(25)32-29)30-20-22-11-7-4-8-12-22/h3-12,16,18-19,23,26,28H,13-15,17,20H2,1-2H3/t23-,26-,28+/m0/s1. The molecule has 1 saturated heterocycles. The fraction of sp³-hybridized carbons (Fsp3) is 0.379. The summed E-state index contributed by atoms with van der Waals surface area (Å²) in [5.41, 5.74) is 3.43. The SMILES string of the molecule is CC1(C)Oc2ccc(OCc3ccccc3)cc2[C@H]2O[C@@H](CCc3ccccc3)CC[C@@H]21. The molecule has 0 amide bonds. The molecule has 3 aromatic rings. The molecule has 32 heavy (non-hydrogen) atoms. The van der Waals surface area contributed by atoms with E-state index in [0.29, 0.717) is 12.5 Å². The summed E-state index contributed by atoms with van der Waals surface area (Å²) in [6.07, 6.45) is 4.62. The molecule has 0 aromatic heterocycles. The van der Waals surface area contributed by atoms with E-state index in [1.807, 2.05) is 30.3 Å². The van der Waals surface area contributed by atoms with Crippen molar-refractivity contribution in [3.8, 4) is 11.5 Å². The molecule has 1 fully saturated rings. The van der Waals surface area contributed by atoms with E-state index in [9.17, 15) is 0 Å². The predicted octanol–water partition coefficient (Wildman–Crippen LogP) is 6.91. The fourth-order valence-corrected chi connectivity index (χ4v) is 5.11. The maximum absolute atomic E-state index is 6.76. The summed E-state index contributed by atoms with van der Waals surface area (Å²) in [5, 5.41) is 0. The van der Waals surface area contributed by atoms with Gasteiger partial charge in [-0.05, 0) is 68.9 Å². The minimum Gasteiger partial charge on any atom is -0.489 e. The third-order valence-corrected chi connectivity index (χ3v) is 6.90. The van der Waals surface area contributed by atoms with E-state index in [1.54, 1.807) is 0 Å². The van der Waals surface area contributed by atoms with Gasteiger partial charge in [0.15, 0.2) is 0 Å². The maximum atomic E-state index is 6.76. The largest absolute Gasteiger partial charge is 0.489 e. The Labute approximate surface area is 191 Å². The summed E-state index contributed by atoms with van der Waals surface area (Å²) >= 11 is 0. The van der Waals surface area contributed by atoms with Crippen LogP contribution in [0, 0.1) is 5.92 Å². The minimum absolute atomic E-state index is 0.0450. The van der Waals surface area contributed by atoms with Gasteiger partial charge in [-0.1, -0.05) is 60.7 Å². The molecular weight excluding hydrogens is 396 g/mol. The van der Waals surface area contributed by atoms with Gasteiger partial charge in [-0.3, -0.25) is 0 Å². The van der Waals surface area contributed by atoms with Crippen molar-refractivity contribution in [2.75, 3.05) is 0 Å². The van der Waals surface area contributed by atoms with Crippen molar-refractivity contribution < 1.29 is 14.2 Å². The molecule has 3 atom stereocenters. The minimum atomic E-state index is -0.242. The summed E-state index contributed by atoms with van der Waals surface area (Å²) in [4.78, 5) is 0. The molecule has 5 rings (SSSR count). The summed E-state index contributed by atoms with van der Waals surface area (Å²) in [7, 11) is 0. The molecule has 0 radical (unpaired) electrons. The zero-order chi connectivity index (χ0) is 22.0. The Bertz CT molecular complexity index is 1030. The second kappa shape index (κ2) is 8.99. The zero-order valence-electron chi connectivity index (χ0n) is 19.0. The van der Waals surface area contributed by atoms with Crippen LogP contribution in [-0.2, 0) is 17.8 Å². The van der Waals surface area contributed by atoms with Crippen LogP contribution >= 0.6 is 0 Å². The lowest BCUT2D eigenvalue weighted by molar-refractivity contribution is -0.150. The zero-order valence-corrected chi connectivity index (χ0v) is 19.0. The lowest BCUT2D eigenvalue weighted by Crippen LogP contribution is -2.48. The first kappa shape index (κ1) is 21.1. The van der Waals surface area contributed by atoms with Crippen LogP contribution in [0.25, 0.3) is 0 Å². The lowest BCUT2D eigenvalue weighted by atomic mass is 9.75. The van der Waals surface area contributed by atoms with E-state index >= 15 is 0 Å². The van der Waals surface area contributed by atoms with Gasteiger partial charge in [-0.15, -0.1) is 0 Å². The van der Waals surface area contributed by atoms with Crippen molar-refractivity contribution in [2.24, 2.45) is 5.92 Å². The smallest absolute Gasteiger partial charge is 0.126 e. The third-order valence-electron chi connectivity index (χ3n) is 6.90. The number of fused-ring (bicyclic) bond motifs is 3. The van der Waals surface area contributed by atoms with E-state index in [1.165, 1.54) is 5.56 Å². The van der Waals surface area contributed by atoms with Gasteiger partial charge in [0, 0.05) is 11.5 Å². The normalized spacial score (nSPS) is 23.5. The second-order valence-corrected chi connectivity index (χ2v) is 9.57. The molecule has 2 aliphatic heterocycles. The molecule has 3 aromatic carbocycles. The van der Waals surface area contributed by atoms with Crippen LogP contribution in [0.15, 0.2) is 78.9 Å². The van der Waals surface area contributed by atoms with Gasteiger partial charge >= 0.3 is 0 Å². The molecule has 0 unspecified atom stereocenters. The van der Waals surface area contributed by atoms with Crippen LogP contribution in [0.5, 0.6) is 11.5 Å². The van der Waals surface area contributed by atoms with E-state index < -0.39 is 0 Å². The molecule has 166 valence electrons. The first-order valence-electron chi connectivity index (χ1n) is 11.8. The number of rotatable bonds is 6. The summed E-state index contributed by atoms with van der Waals surface area (Å²) in [5.74, 6) is 2.13. The average Bonchev–Trinajstić information content (AvgIpc) is 2.82. The number of aryl methyl sites for hydroxylation is 1. The van der Waals surface area contributed by atoms with Crippen LogP contribution in [0.1, 0.15) is 55.9 Å². The Balaban J connectivity index is 1.33. The van der Waals surface area contributed by atoms with E-state index in [2.05, 4.69) is 62.4 Å². The molecule has 0 bridgehead atoms. The van der Waals surface area contributed by atoms with Crippen LogP contribution < -0.4 is 9.47 Å². The number of hydrogen-bond donors (Lipinski definition) is 0. The molecule has 2 aliphatic rings. The van der Waals surface area contributed by atoms with Crippen LogP contribution in [0.4, 0.5) is 0 Å². The Morgan fingerprint density at radius 3 is 2.34 bits per heavy atom. The average molecular weight is 429 g/mol. The van der Waals surface area contributed by atoms with E-state index in [-0.39, 0.29) is 17.8 Å². The molecule has 3 heteroatoms. The molecule has 3 nitrogen and oxygen atoms in total. The van der Waals surface area contributed by atoms with Crippen molar-refractivity contribution >= 4 is 0 Å². The molecule has 0 N–H and O–H groups in total. The predicted molar refractivity (Wildman–Crippen MR) is 127 cm³/mol. The first-order valence-corrected chi connectivity index (χ1v) is 11.8. The highest BCUT2D eigenvalue weighted by Crippen LogP contribution is 2.51. The van der Waals surface area contributed by atoms with E-state index in [4.69, 9.17) is 14.2 Å². The van der Waals surface area contributed by atoms with Crippen LogP contribution in [-0.4, -0.2) is 11.7 Å². The molecule has 0 aliphatic carbocycles. The highest BCUT2D eigenvalue weighted by atomic mass is 16.5. The van der Waals surface area contributed by atoms with Crippen LogP contribution in [0.3, 0.4) is 0 Å². The monoisotopic (exact) mass is 428 g/mol. The highest BCUT2D eigenvalue weighted by molar-refractivity contribution is 5.44. The van der Waals surface area contributed by atoms with Gasteiger partial charge in [0.1, 0.15) is 23.7 Å². The molecule has 0 spiro atoms. The van der Waals surface area contributed by atoms with E-state index in [0.717, 1.165) is 48.3 Å².